The van der Waals surface area contributed by atoms with Crippen LogP contribution in [-0.4, -0.2) is 60.4 Å². The first-order chi connectivity index (χ1) is 20.7. The Kier molecular flexibility index (Phi) is 7.44. The molecule has 1 aliphatic heterocycles. The van der Waals surface area contributed by atoms with Crippen molar-refractivity contribution in [1.82, 2.24) is 29.1 Å². The van der Waals surface area contributed by atoms with E-state index in [-0.39, 0.29) is 12.1 Å². The molecule has 1 atom stereocenters. The van der Waals surface area contributed by atoms with Crippen LogP contribution in [0.25, 0.3) is 5.69 Å². The molecule has 1 fully saturated rings. The van der Waals surface area contributed by atoms with E-state index in [0.29, 0.717) is 43.6 Å². The second-order valence-corrected chi connectivity index (χ2v) is 10.3. The van der Waals surface area contributed by atoms with E-state index in [1.165, 1.54) is 40.4 Å². The Labute approximate surface area is 242 Å². The van der Waals surface area contributed by atoms with Crippen LogP contribution in [0.2, 0.25) is 0 Å². The highest BCUT2D eigenvalue weighted by atomic mass is 19.1. The van der Waals surface area contributed by atoms with E-state index in [4.69, 9.17) is 0 Å². The lowest BCUT2D eigenvalue weighted by molar-refractivity contribution is -0.00948. The topological polar surface area (TPSA) is 97.2 Å². The Bertz CT molecular complexity index is 1780. The summed E-state index contributed by atoms with van der Waals surface area (Å²) >= 11 is 0. The number of hydrogen-bond donors (Lipinski definition) is 1. The normalized spacial score (nSPS) is 15.1. The molecule has 1 unspecified atom stereocenters. The predicted octanol–water partition coefficient (Wildman–Crippen LogP) is 3.10. The Balaban J connectivity index is 1.18. The van der Waals surface area contributed by atoms with Gasteiger partial charge in [-0.2, -0.15) is 10.2 Å². The number of anilines is 2. The van der Waals surface area contributed by atoms with E-state index in [9.17, 15) is 27.5 Å². The molecule has 10 nitrogen and oxygen atoms in total. The second kappa shape index (κ2) is 11.4. The highest BCUT2D eigenvalue weighted by Gasteiger charge is 2.35. The molecule has 0 bridgehead atoms. The standard InChI is InChI=1S/C29H26F4N8O2/c30-20-1-7-24(25(32)13-20)29(43,15-39-18-34-17-35-39)16-41-28(42)40(19-36-41)23-5-3-22(4-6-23)37-9-11-38(12-10-37)27-8-2-21(31)14-26(27)33/h1-8,13-14,17-19,43H,9-12,15-16H2. The molecule has 5 aromatic rings. The molecular formula is C29H26F4N8O2. The number of aliphatic hydroxyl groups is 1. The van der Waals surface area contributed by atoms with Crippen LogP contribution in [0.4, 0.5) is 28.9 Å². The van der Waals surface area contributed by atoms with Crippen LogP contribution in [-0.2, 0) is 18.7 Å². The molecule has 3 aromatic carbocycles. The van der Waals surface area contributed by atoms with Gasteiger partial charge in [0, 0.05) is 49.6 Å². The number of piperazine rings is 1. The maximum absolute atomic E-state index is 14.8. The molecule has 0 saturated carbocycles. The van der Waals surface area contributed by atoms with Crippen molar-refractivity contribution in [3.05, 3.63) is 119 Å². The van der Waals surface area contributed by atoms with E-state index >= 15 is 0 Å². The van der Waals surface area contributed by atoms with Crippen molar-refractivity contribution in [2.45, 2.75) is 18.7 Å². The first-order valence-corrected chi connectivity index (χ1v) is 13.4. The van der Waals surface area contributed by atoms with Crippen LogP contribution in [0.1, 0.15) is 5.56 Å². The Morgan fingerprint density at radius 3 is 2.05 bits per heavy atom. The van der Waals surface area contributed by atoms with E-state index in [1.807, 2.05) is 17.0 Å². The Morgan fingerprint density at radius 1 is 0.744 bits per heavy atom. The van der Waals surface area contributed by atoms with Gasteiger partial charge in [-0.25, -0.2) is 41.3 Å². The number of aromatic nitrogens is 6. The molecule has 43 heavy (non-hydrogen) atoms. The fraction of sp³-hybridized carbons (Fsp3) is 0.241. The fourth-order valence-electron chi connectivity index (χ4n) is 5.31. The molecule has 1 N–H and O–H groups in total. The smallest absolute Gasteiger partial charge is 0.350 e. The molecular weight excluding hydrogens is 568 g/mol. The zero-order valence-electron chi connectivity index (χ0n) is 22.7. The molecule has 2 aromatic heterocycles. The summed E-state index contributed by atoms with van der Waals surface area (Å²) in [7, 11) is 0. The van der Waals surface area contributed by atoms with Crippen molar-refractivity contribution in [2.24, 2.45) is 0 Å². The summed E-state index contributed by atoms with van der Waals surface area (Å²) in [4.78, 5) is 21.1. The monoisotopic (exact) mass is 594 g/mol. The average Bonchev–Trinajstić information content (AvgIpc) is 3.62. The van der Waals surface area contributed by atoms with Crippen LogP contribution < -0.4 is 15.5 Å². The van der Waals surface area contributed by atoms with Crippen LogP contribution in [0, 0.1) is 23.3 Å². The molecule has 6 rings (SSSR count). The highest BCUT2D eigenvalue weighted by molar-refractivity contribution is 5.54. The quantitative estimate of drug-likeness (QED) is 0.276. The van der Waals surface area contributed by atoms with Gasteiger partial charge < -0.3 is 14.9 Å². The van der Waals surface area contributed by atoms with E-state index in [1.54, 1.807) is 12.1 Å². The maximum Gasteiger partial charge on any atom is 0.350 e. The minimum atomic E-state index is -2.02. The number of halogens is 4. The number of nitrogens with zero attached hydrogens (tertiary/aromatic N) is 8. The van der Waals surface area contributed by atoms with Gasteiger partial charge in [-0.3, -0.25) is 0 Å². The van der Waals surface area contributed by atoms with Gasteiger partial charge in [-0.1, -0.05) is 6.07 Å². The van der Waals surface area contributed by atoms with Crippen LogP contribution in [0.15, 0.2) is 84.4 Å². The first kappa shape index (κ1) is 28.2. The van der Waals surface area contributed by atoms with Crippen molar-refractivity contribution >= 4 is 11.4 Å². The molecule has 0 spiro atoms. The summed E-state index contributed by atoms with van der Waals surface area (Å²) < 4.78 is 59.4. The molecule has 1 saturated heterocycles. The van der Waals surface area contributed by atoms with Gasteiger partial charge >= 0.3 is 5.69 Å². The minimum Gasteiger partial charge on any atom is -0.381 e. The van der Waals surface area contributed by atoms with Crippen molar-refractivity contribution in [2.75, 3.05) is 36.0 Å². The summed E-state index contributed by atoms with van der Waals surface area (Å²) in [6.07, 6.45) is 3.87. The molecule has 3 heterocycles. The van der Waals surface area contributed by atoms with Gasteiger partial charge in [-0.05, 0) is 42.5 Å². The van der Waals surface area contributed by atoms with E-state index in [2.05, 4.69) is 20.1 Å². The van der Waals surface area contributed by atoms with Gasteiger partial charge in [0.05, 0.1) is 24.5 Å². The SMILES string of the molecule is O=c1n(-c2ccc(N3CCN(c4ccc(F)cc4F)CC3)cc2)cnn1CC(O)(Cn1cncn1)c1ccc(F)cc1F. The van der Waals surface area contributed by atoms with E-state index < -0.39 is 41.1 Å². The molecule has 0 amide bonds. The Hall–Kier alpha value is -4.98. The van der Waals surface area contributed by atoms with Gasteiger partial charge in [0.15, 0.2) is 0 Å². The number of hydrogen-bond acceptors (Lipinski definition) is 7. The van der Waals surface area contributed by atoms with Crippen LogP contribution in [0.5, 0.6) is 0 Å². The minimum absolute atomic E-state index is 0.225. The highest BCUT2D eigenvalue weighted by Crippen LogP contribution is 2.28. The largest absolute Gasteiger partial charge is 0.381 e. The lowest BCUT2D eigenvalue weighted by Gasteiger charge is -2.37. The summed E-state index contributed by atoms with van der Waals surface area (Å²) in [6.45, 7) is 1.59. The zero-order valence-corrected chi connectivity index (χ0v) is 22.7. The number of rotatable bonds is 8. The summed E-state index contributed by atoms with van der Waals surface area (Å²) in [5, 5.41) is 19.7. The van der Waals surface area contributed by atoms with Crippen molar-refractivity contribution in [3.8, 4) is 5.69 Å². The molecule has 0 radical (unpaired) electrons. The summed E-state index contributed by atoms with van der Waals surface area (Å²) in [5.41, 5.74) is -1.04. The molecule has 1 aliphatic rings. The third-order valence-electron chi connectivity index (χ3n) is 7.49. The van der Waals surface area contributed by atoms with Gasteiger partial charge in [0.1, 0.15) is 47.9 Å². The lowest BCUT2D eigenvalue weighted by atomic mass is 9.93. The van der Waals surface area contributed by atoms with Crippen molar-refractivity contribution in [1.29, 1.82) is 0 Å². The summed E-state index contributed by atoms with van der Waals surface area (Å²) in [6, 6.07) is 13.6. The fourth-order valence-corrected chi connectivity index (χ4v) is 5.31. The number of benzene rings is 3. The second-order valence-electron chi connectivity index (χ2n) is 10.3. The maximum atomic E-state index is 14.8. The summed E-state index contributed by atoms with van der Waals surface area (Å²) in [5.74, 6) is -3.00. The van der Waals surface area contributed by atoms with Crippen molar-refractivity contribution < 1.29 is 22.7 Å². The first-order valence-electron chi connectivity index (χ1n) is 13.4. The van der Waals surface area contributed by atoms with Gasteiger partial charge in [0.25, 0.3) is 0 Å². The predicted molar refractivity (Wildman–Crippen MR) is 149 cm³/mol. The van der Waals surface area contributed by atoms with E-state index in [0.717, 1.165) is 28.6 Å². The zero-order chi connectivity index (χ0) is 30.1. The third kappa shape index (κ3) is 5.73. The van der Waals surface area contributed by atoms with Gasteiger partial charge in [0.2, 0.25) is 0 Å². The molecule has 222 valence electrons. The Morgan fingerprint density at radius 2 is 1.40 bits per heavy atom. The van der Waals surface area contributed by atoms with Gasteiger partial charge in [-0.15, -0.1) is 0 Å². The van der Waals surface area contributed by atoms with Crippen molar-refractivity contribution in [3.63, 3.8) is 0 Å². The van der Waals surface area contributed by atoms with Crippen LogP contribution >= 0.6 is 0 Å². The third-order valence-corrected chi connectivity index (χ3v) is 7.49. The molecule has 14 heteroatoms. The average molecular weight is 595 g/mol. The lowest BCUT2D eigenvalue weighted by Crippen LogP contribution is -2.46. The molecule has 0 aliphatic carbocycles. The van der Waals surface area contributed by atoms with Crippen LogP contribution in [0.3, 0.4) is 0 Å².